The second kappa shape index (κ2) is 7.05. The molecule has 0 radical (unpaired) electrons. The summed E-state index contributed by atoms with van der Waals surface area (Å²) in [5.41, 5.74) is 1.66. The molecule has 8 heteroatoms. The first kappa shape index (κ1) is 17.4. The van der Waals surface area contributed by atoms with Crippen LogP contribution in [0, 0.1) is 24.0 Å². The maximum atomic E-state index is 12.1. The number of anilines is 1. The van der Waals surface area contributed by atoms with Crippen LogP contribution in [0.15, 0.2) is 36.4 Å². The number of phenols is 1. The molecule has 1 amide bonds. The van der Waals surface area contributed by atoms with Crippen LogP contribution in [-0.2, 0) is 0 Å². The van der Waals surface area contributed by atoms with E-state index in [2.05, 4.69) is 10.6 Å². The van der Waals surface area contributed by atoms with Gasteiger partial charge in [-0.2, -0.15) is 0 Å². The minimum absolute atomic E-state index is 0.00225. The Labute approximate surface area is 143 Å². The molecular weight excluding hydrogens is 330 g/mol. The predicted molar refractivity (Wildman–Crippen MR) is 94.4 cm³/mol. The quantitative estimate of drug-likeness (QED) is 0.342. The molecule has 0 fully saturated rings. The molecule has 24 heavy (non-hydrogen) atoms. The van der Waals surface area contributed by atoms with Gasteiger partial charge in [-0.05, 0) is 49.8 Å². The summed E-state index contributed by atoms with van der Waals surface area (Å²) in [5.74, 6) is -0.584. The van der Waals surface area contributed by atoms with Crippen LogP contribution in [0.3, 0.4) is 0 Å². The third-order valence-corrected chi connectivity index (χ3v) is 3.50. The highest BCUT2D eigenvalue weighted by Crippen LogP contribution is 2.24. The van der Waals surface area contributed by atoms with Gasteiger partial charge in [-0.25, -0.2) is 0 Å². The standard InChI is InChI=1S/C16H15N3O4S/c1-9-3-6-12(14(20)7-9)17-16(24)18-15(21)11-5-4-10(2)13(8-11)19(22)23/h3-8,20H,1-2H3,(H2,17,18,21,24). The van der Waals surface area contributed by atoms with Crippen molar-refractivity contribution in [2.75, 3.05) is 5.32 Å². The lowest BCUT2D eigenvalue weighted by atomic mass is 10.1. The number of phenolic OH excluding ortho intramolecular Hbond substituents is 1. The number of nitrogens with zero attached hydrogens (tertiary/aromatic N) is 1. The molecule has 0 aliphatic heterocycles. The number of nitro groups is 1. The fourth-order valence-electron chi connectivity index (χ4n) is 2.02. The van der Waals surface area contributed by atoms with E-state index in [9.17, 15) is 20.0 Å². The Kier molecular flexibility index (Phi) is 5.10. The highest BCUT2D eigenvalue weighted by Gasteiger charge is 2.16. The van der Waals surface area contributed by atoms with Crippen molar-refractivity contribution in [1.82, 2.24) is 5.32 Å². The summed E-state index contributed by atoms with van der Waals surface area (Å²) in [6, 6.07) is 9.11. The summed E-state index contributed by atoms with van der Waals surface area (Å²) >= 11 is 5.03. The highest BCUT2D eigenvalue weighted by molar-refractivity contribution is 7.80. The maximum Gasteiger partial charge on any atom is 0.273 e. The van der Waals surface area contributed by atoms with Crippen LogP contribution in [0.25, 0.3) is 0 Å². The van der Waals surface area contributed by atoms with E-state index < -0.39 is 10.8 Å². The van der Waals surface area contributed by atoms with Crippen LogP contribution in [0.5, 0.6) is 5.75 Å². The van der Waals surface area contributed by atoms with Gasteiger partial charge in [-0.15, -0.1) is 0 Å². The Morgan fingerprint density at radius 3 is 2.54 bits per heavy atom. The van der Waals surface area contributed by atoms with Crippen molar-refractivity contribution in [3.8, 4) is 5.75 Å². The molecular formula is C16H15N3O4S. The number of aryl methyl sites for hydroxylation is 2. The van der Waals surface area contributed by atoms with Crippen LogP contribution >= 0.6 is 12.2 Å². The number of hydrogen-bond donors (Lipinski definition) is 3. The van der Waals surface area contributed by atoms with Crippen molar-refractivity contribution in [2.45, 2.75) is 13.8 Å². The van der Waals surface area contributed by atoms with Gasteiger partial charge < -0.3 is 10.4 Å². The lowest BCUT2D eigenvalue weighted by Gasteiger charge is -2.11. The average molecular weight is 345 g/mol. The molecule has 0 heterocycles. The number of nitro benzene ring substituents is 1. The number of amides is 1. The van der Waals surface area contributed by atoms with Crippen LogP contribution < -0.4 is 10.6 Å². The number of thiocarbonyl (C=S) groups is 1. The number of carbonyl (C=O) groups excluding carboxylic acids is 1. The first-order chi connectivity index (χ1) is 11.3. The van der Waals surface area contributed by atoms with Crippen LogP contribution in [-0.4, -0.2) is 21.0 Å². The van der Waals surface area contributed by atoms with E-state index in [-0.39, 0.29) is 22.1 Å². The van der Waals surface area contributed by atoms with Crippen molar-refractivity contribution < 1.29 is 14.8 Å². The van der Waals surface area contributed by atoms with Gasteiger partial charge in [-0.1, -0.05) is 12.1 Å². The third kappa shape index (κ3) is 4.05. The fraction of sp³-hybridized carbons (Fsp3) is 0.125. The number of rotatable bonds is 3. The van der Waals surface area contributed by atoms with E-state index in [0.29, 0.717) is 11.3 Å². The van der Waals surface area contributed by atoms with Gasteiger partial charge in [0.15, 0.2) is 5.11 Å². The number of benzene rings is 2. The van der Waals surface area contributed by atoms with Gasteiger partial charge in [0.2, 0.25) is 0 Å². The lowest BCUT2D eigenvalue weighted by Crippen LogP contribution is -2.34. The molecule has 2 aromatic carbocycles. The van der Waals surface area contributed by atoms with E-state index >= 15 is 0 Å². The monoisotopic (exact) mass is 345 g/mol. The fourth-order valence-corrected chi connectivity index (χ4v) is 2.23. The van der Waals surface area contributed by atoms with Gasteiger partial charge in [-0.3, -0.25) is 20.2 Å². The van der Waals surface area contributed by atoms with Crippen molar-refractivity contribution in [3.05, 3.63) is 63.2 Å². The zero-order valence-corrected chi connectivity index (χ0v) is 13.8. The molecule has 0 atom stereocenters. The Morgan fingerprint density at radius 2 is 1.92 bits per heavy atom. The molecule has 0 aliphatic carbocycles. The number of hydrogen-bond acceptors (Lipinski definition) is 5. The van der Waals surface area contributed by atoms with Gasteiger partial charge in [0, 0.05) is 17.2 Å². The van der Waals surface area contributed by atoms with E-state index in [0.717, 1.165) is 5.56 Å². The van der Waals surface area contributed by atoms with Crippen molar-refractivity contribution >= 4 is 34.6 Å². The summed E-state index contributed by atoms with van der Waals surface area (Å²) in [5, 5.41) is 25.8. The summed E-state index contributed by atoms with van der Waals surface area (Å²) in [4.78, 5) is 22.5. The van der Waals surface area contributed by atoms with Crippen molar-refractivity contribution in [1.29, 1.82) is 0 Å². The van der Waals surface area contributed by atoms with E-state index in [1.807, 2.05) is 6.92 Å². The van der Waals surface area contributed by atoms with Gasteiger partial charge >= 0.3 is 0 Å². The summed E-state index contributed by atoms with van der Waals surface area (Å²) in [6.07, 6.45) is 0. The molecule has 0 bridgehead atoms. The molecule has 0 saturated carbocycles. The molecule has 2 aromatic rings. The summed E-state index contributed by atoms with van der Waals surface area (Å²) in [6.45, 7) is 3.42. The van der Waals surface area contributed by atoms with Crippen molar-refractivity contribution in [2.24, 2.45) is 0 Å². The highest BCUT2D eigenvalue weighted by atomic mass is 32.1. The topological polar surface area (TPSA) is 104 Å². The first-order valence-electron chi connectivity index (χ1n) is 6.95. The molecule has 7 nitrogen and oxygen atoms in total. The van der Waals surface area contributed by atoms with Crippen molar-refractivity contribution in [3.63, 3.8) is 0 Å². The normalized spacial score (nSPS) is 10.1. The Bertz CT molecular complexity index is 836. The smallest absolute Gasteiger partial charge is 0.273 e. The first-order valence-corrected chi connectivity index (χ1v) is 7.35. The lowest BCUT2D eigenvalue weighted by molar-refractivity contribution is -0.385. The zero-order valence-electron chi connectivity index (χ0n) is 13.0. The molecule has 0 spiro atoms. The summed E-state index contributed by atoms with van der Waals surface area (Å²) < 4.78 is 0. The maximum absolute atomic E-state index is 12.1. The van der Waals surface area contributed by atoms with Crippen LogP contribution in [0.2, 0.25) is 0 Å². The molecule has 0 saturated heterocycles. The minimum Gasteiger partial charge on any atom is -0.506 e. The molecule has 0 unspecified atom stereocenters. The van der Waals surface area contributed by atoms with E-state index in [1.165, 1.54) is 18.2 Å². The number of carbonyl (C=O) groups is 1. The Morgan fingerprint density at radius 1 is 1.21 bits per heavy atom. The second-order valence-electron chi connectivity index (χ2n) is 5.19. The predicted octanol–water partition coefficient (Wildman–Crippen LogP) is 3.04. The van der Waals surface area contributed by atoms with Gasteiger partial charge in [0.25, 0.3) is 11.6 Å². The van der Waals surface area contributed by atoms with Gasteiger partial charge in [0.05, 0.1) is 10.6 Å². The Balaban J connectivity index is 2.10. The molecule has 0 aromatic heterocycles. The van der Waals surface area contributed by atoms with Crippen LogP contribution in [0.1, 0.15) is 21.5 Å². The van der Waals surface area contributed by atoms with E-state index in [4.69, 9.17) is 12.2 Å². The molecule has 3 N–H and O–H groups in total. The SMILES string of the molecule is Cc1ccc(NC(=S)NC(=O)c2ccc(C)c([N+](=O)[O-])c2)c(O)c1. The second-order valence-corrected chi connectivity index (χ2v) is 5.60. The molecule has 124 valence electrons. The minimum atomic E-state index is -0.581. The van der Waals surface area contributed by atoms with Crippen LogP contribution in [0.4, 0.5) is 11.4 Å². The molecule has 2 rings (SSSR count). The van der Waals surface area contributed by atoms with Gasteiger partial charge in [0.1, 0.15) is 5.75 Å². The largest absolute Gasteiger partial charge is 0.506 e. The molecule has 0 aliphatic rings. The average Bonchev–Trinajstić information content (AvgIpc) is 2.50. The number of nitrogens with one attached hydrogen (secondary N) is 2. The number of aromatic hydroxyl groups is 1. The third-order valence-electron chi connectivity index (χ3n) is 3.30. The van der Waals surface area contributed by atoms with E-state index in [1.54, 1.807) is 25.1 Å². The zero-order chi connectivity index (χ0) is 17.9. The Hall–Kier alpha value is -3.00. The summed E-state index contributed by atoms with van der Waals surface area (Å²) in [7, 11) is 0.